The highest BCUT2D eigenvalue weighted by atomic mass is 19.2. The zero-order valence-corrected chi connectivity index (χ0v) is 22.1. The van der Waals surface area contributed by atoms with Gasteiger partial charge in [-0.2, -0.15) is 4.98 Å². The van der Waals surface area contributed by atoms with Crippen LogP contribution in [0.3, 0.4) is 0 Å². The number of fused-ring (bicyclic) bond motifs is 1. The highest BCUT2D eigenvalue weighted by molar-refractivity contribution is 5.83. The number of nitrogens with one attached hydrogen (secondary N) is 1. The number of imidazole rings is 1. The number of nitrogen functional groups attached to an aromatic ring is 1. The maximum Gasteiger partial charge on any atom is 0.225 e. The number of aliphatic hydroxyl groups excluding tert-OH is 1. The second kappa shape index (κ2) is 10.9. The molecule has 0 saturated carbocycles. The predicted molar refractivity (Wildman–Crippen MR) is 152 cm³/mol. The van der Waals surface area contributed by atoms with Gasteiger partial charge < -0.3 is 16.2 Å². The fourth-order valence-electron chi connectivity index (χ4n) is 4.70. The molecule has 0 radical (unpaired) electrons. The van der Waals surface area contributed by atoms with Gasteiger partial charge in [0.1, 0.15) is 12.1 Å². The van der Waals surface area contributed by atoms with E-state index in [0.717, 1.165) is 17.1 Å². The Bertz CT molecular complexity index is 1940. The standard InChI is InChI=1S/C30H23F3N8O/c1-16(19-7-8-21(31)28(33)27(19)32)37-30-39-23(20-5-3-2-4-18(20)14-42)13-26(40-30)41-15-36-24-12-17(6-9-25(24)41)22-10-11-35-29(34)38-22/h2-13,15-16,42H,14H2,1H3,(H2,34,35,38)(H,37,39,40)/t16-/m0/s1. The van der Waals surface area contributed by atoms with Crippen LogP contribution < -0.4 is 11.1 Å². The molecule has 6 rings (SSSR count). The van der Waals surface area contributed by atoms with E-state index >= 15 is 0 Å². The molecule has 3 aromatic heterocycles. The highest BCUT2D eigenvalue weighted by Gasteiger charge is 2.20. The van der Waals surface area contributed by atoms with E-state index in [0.29, 0.717) is 33.8 Å². The molecule has 0 spiro atoms. The summed E-state index contributed by atoms with van der Waals surface area (Å²) in [6.45, 7) is 1.36. The number of rotatable bonds is 7. The van der Waals surface area contributed by atoms with E-state index in [4.69, 9.17) is 5.73 Å². The SMILES string of the molecule is C[C@H](Nc1nc(-c2ccccc2CO)cc(-n2cnc3cc(-c4ccnc(N)n4)ccc32)n1)c1ccc(F)c(F)c1F. The van der Waals surface area contributed by atoms with Crippen molar-refractivity contribution in [2.75, 3.05) is 11.1 Å². The van der Waals surface area contributed by atoms with Crippen LogP contribution in [0.4, 0.5) is 25.1 Å². The number of nitrogens with zero attached hydrogens (tertiary/aromatic N) is 6. The van der Waals surface area contributed by atoms with E-state index in [1.54, 1.807) is 48.3 Å². The van der Waals surface area contributed by atoms with Crippen LogP contribution in [0, 0.1) is 17.5 Å². The van der Waals surface area contributed by atoms with Gasteiger partial charge in [0.15, 0.2) is 17.5 Å². The van der Waals surface area contributed by atoms with Gasteiger partial charge in [-0.1, -0.05) is 36.4 Å². The first-order chi connectivity index (χ1) is 20.3. The molecule has 4 N–H and O–H groups in total. The summed E-state index contributed by atoms with van der Waals surface area (Å²) in [7, 11) is 0. The van der Waals surface area contributed by atoms with Gasteiger partial charge in [0.25, 0.3) is 0 Å². The van der Waals surface area contributed by atoms with Gasteiger partial charge in [-0.15, -0.1) is 0 Å². The van der Waals surface area contributed by atoms with E-state index < -0.39 is 23.5 Å². The third-order valence-electron chi connectivity index (χ3n) is 6.82. The third kappa shape index (κ3) is 4.99. The Balaban J connectivity index is 1.45. The lowest BCUT2D eigenvalue weighted by molar-refractivity contribution is 0.282. The Morgan fingerprint density at radius 3 is 2.55 bits per heavy atom. The summed E-state index contributed by atoms with van der Waals surface area (Å²) in [5.74, 6) is -3.44. The van der Waals surface area contributed by atoms with Crippen LogP contribution >= 0.6 is 0 Å². The highest BCUT2D eigenvalue weighted by Crippen LogP contribution is 2.30. The molecule has 1 atom stereocenters. The number of nitrogens with two attached hydrogens (primary N) is 1. The van der Waals surface area contributed by atoms with Crippen LogP contribution in [0.5, 0.6) is 0 Å². The molecule has 6 aromatic rings. The van der Waals surface area contributed by atoms with Crippen molar-refractivity contribution in [2.24, 2.45) is 0 Å². The zero-order valence-electron chi connectivity index (χ0n) is 22.1. The molecule has 42 heavy (non-hydrogen) atoms. The van der Waals surface area contributed by atoms with Gasteiger partial charge in [0.05, 0.1) is 35.1 Å². The first-order valence-electron chi connectivity index (χ1n) is 12.9. The maximum atomic E-state index is 14.6. The Kier molecular flexibility index (Phi) is 6.97. The molecule has 0 unspecified atom stereocenters. The Hall–Kier alpha value is -5.36. The fourth-order valence-corrected chi connectivity index (χ4v) is 4.70. The minimum atomic E-state index is -1.55. The van der Waals surface area contributed by atoms with Crippen LogP contribution in [0.2, 0.25) is 0 Å². The van der Waals surface area contributed by atoms with Crippen molar-refractivity contribution in [3.8, 4) is 28.3 Å². The Morgan fingerprint density at radius 1 is 0.905 bits per heavy atom. The molecule has 210 valence electrons. The molecule has 0 bridgehead atoms. The number of halogens is 3. The van der Waals surface area contributed by atoms with E-state index in [-0.39, 0.29) is 24.1 Å². The van der Waals surface area contributed by atoms with Gasteiger partial charge in [-0.25, -0.2) is 33.1 Å². The number of benzene rings is 3. The molecule has 0 aliphatic carbocycles. The number of hydrogen-bond acceptors (Lipinski definition) is 8. The molecule has 3 heterocycles. The van der Waals surface area contributed by atoms with E-state index in [2.05, 4.69) is 30.2 Å². The molecule has 9 nitrogen and oxygen atoms in total. The lowest BCUT2D eigenvalue weighted by Crippen LogP contribution is -2.14. The predicted octanol–water partition coefficient (Wildman–Crippen LogP) is 5.60. The number of anilines is 2. The molecular formula is C30H23F3N8O. The Morgan fingerprint density at radius 2 is 1.74 bits per heavy atom. The van der Waals surface area contributed by atoms with Gasteiger partial charge in [0.2, 0.25) is 11.9 Å². The smallest absolute Gasteiger partial charge is 0.225 e. The summed E-state index contributed by atoms with van der Waals surface area (Å²) in [6.07, 6.45) is 3.18. The van der Waals surface area contributed by atoms with Gasteiger partial charge in [-0.05, 0) is 36.8 Å². The molecule has 3 aromatic carbocycles. The molecule has 0 aliphatic rings. The van der Waals surface area contributed by atoms with E-state index in [1.165, 1.54) is 6.07 Å². The van der Waals surface area contributed by atoms with Crippen molar-refractivity contribution >= 4 is 22.9 Å². The summed E-state index contributed by atoms with van der Waals surface area (Å²) < 4.78 is 43.8. The van der Waals surface area contributed by atoms with Crippen LogP contribution in [0.15, 0.2) is 79.3 Å². The molecule has 0 amide bonds. The van der Waals surface area contributed by atoms with Crippen molar-refractivity contribution in [1.82, 2.24) is 29.5 Å². The van der Waals surface area contributed by atoms with Gasteiger partial charge in [-0.3, -0.25) is 4.57 Å². The average molecular weight is 569 g/mol. The number of hydrogen-bond donors (Lipinski definition) is 3. The van der Waals surface area contributed by atoms with Crippen LogP contribution in [-0.4, -0.2) is 34.6 Å². The number of aliphatic hydroxyl groups is 1. The third-order valence-corrected chi connectivity index (χ3v) is 6.82. The second-order valence-corrected chi connectivity index (χ2v) is 9.50. The summed E-state index contributed by atoms with van der Waals surface area (Å²) in [5.41, 5.74) is 10.3. The van der Waals surface area contributed by atoms with E-state index in [9.17, 15) is 18.3 Å². The summed E-state index contributed by atoms with van der Waals surface area (Å²) in [5, 5.41) is 13.0. The maximum absolute atomic E-state index is 14.6. The molecule has 0 fully saturated rings. The average Bonchev–Trinajstić information content (AvgIpc) is 3.43. The topological polar surface area (TPSA) is 128 Å². The Labute approximate surface area is 237 Å². The van der Waals surface area contributed by atoms with Crippen molar-refractivity contribution in [2.45, 2.75) is 19.6 Å². The summed E-state index contributed by atoms with van der Waals surface area (Å²) in [4.78, 5) is 22.0. The normalized spacial score (nSPS) is 12.0. The summed E-state index contributed by atoms with van der Waals surface area (Å²) >= 11 is 0. The quantitative estimate of drug-likeness (QED) is 0.212. The largest absolute Gasteiger partial charge is 0.392 e. The first-order valence-corrected chi connectivity index (χ1v) is 12.9. The molecule has 12 heteroatoms. The van der Waals surface area contributed by atoms with Gasteiger partial charge in [0, 0.05) is 29.0 Å². The van der Waals surface area contributed by atoms with Crippen molar-refractivity contribution in [3.63, 3.8) is 0 Å². The fraction of sp³-hybridized carbons (Fsp3) is 0.100. The molecular weight excluding hydrogens is 545 g/mol. The van der Waals surface area contributed by atoms with Crippen molar-refractivity contribution in [3.05, 3.63) is 108 Å². The lowest BCUT2D eigenvalue weighted by Gasteiger charge is -2.18. The van der Waals surface area contributed by atoms with Gasteiger partial charge >= 0.3 is 0 Å². The molecule has 0 saturated heterocycles. The van der Waals surface area contributed by atoms with Crippen molar-refractivity contribution < 1.29 is 18.3 Å². The second-order valence-electron chi connectivity index (χ2n) is 9.50. The lowest BCUT2D eigenvalue weighted by atomic mass is 10.0. The van der Waals surface area contributed by atoms with Crippen molar-refractivity contribution in [1.29, 1.82) is 0 Å². The minimum absolute atomic E-state index is 0.0915. The van der Waals surface area contributed by atoms with Crippen LogP contribution in [-0.2, 0) is 6.61 Å². The monoisotopic (exact) mass is 568 g/mol. The summed E-state index contributed by atoms with van der Waals surface area (Å²) in [6, 6.07) is 17.5. The minimum Gasteiger partial charge on any atom is -0.392 e. The zero-order chi connectivity index (χ0) is 29.4. The van der Waals surface area contributed by atoms with E-state index in [1.807, 2.05) is 30.3 Å². The van der Waals surface area contributed by atoms with Crippen LogP contribution in [0.25, 0.3) is 39.4 Å². The first kappa shape index (κ1) is 26.8. The van der Waals surface area contributed by atoms with Crippen LogP contribution in [0.1, 0.15) is 24.1 Å². The number of aromatic nitrogens is 6. The molecule has 0 aliphatic heterocycles.